The quantitative estimate of drug-likeness (QED) is 0.578. The zero-order valence-electron chi connectivity index (χ0n) is 16.0. The van der Waals surface area contributed by atoms with Gasteiger partial charge in [0.1, 0.15) is 11.6 Å². The number of carbonyl (C=O) groups is 1. The molecule has 2 aromatic heterocycles. The topological polar surface area (TPSA) is 69.0 Å². The molecular formula is C23H20N4O2. The number of benzene rings is 2. The lowest BCUT2D eigenvalue weighted by atomic mass is 9.86. The Kier molecular flexibility index (Phi) is 4.24. The van der Waals surface area contributed by atoms with Crippen LogP contribution in [0, 0.1) is 0 Å². The molecule has 1 unspecified atom stereocenters. The highest BCUT2D eigenvalue weighted by Crippen LogP contribution is 2.38. The van der Waals surface area contributed by atoms with E-state index in [1.54, 1.807) is 19.5 Å². The highest BCUT2D eigenvalue weighted by atomic mass is 16.5. The first kappa shape index (κ1) is 17.4. The van der Waals surface area contributed by atoms with E-state index >= 15 is 0 Å². The van der Waals surface area contributed by atoms with E-state index in [1.807, 2.05) is 41.2 Å². The Morgan fingerprint density at radius 1 is 1.10 bits per heavy atom. The molecule has 6 heteroatoms. The van der Waals surface area contributed by atoms with Gasteiger partial charge < -0.3 is 10.1 Å². The van der Waals surface area contributed by atoms with Crippen molar-refractivity contribution >= 4 is 22.5 Å². The Bertz CT molecular complexity index is 1200. The van der Waals surface area contributed by atoms with Crippen molar-refractivity contribution in [3.63, 3.8) is 0 Å². The Morgan fingerprint density at radius 3 is 2.72 bits per heavy atom. The zero-order chi connectivity index (χ0) is 19.8. The molecule has 0 aliphatic carbocycles. The molecule has 0 spiro atoms. The van der Waals surface area contributed by atoms with Crippen molar-refractivity contribution in [2.24, 2.45) is 0 Å². The van der Waals surface area contributed by atoms with E-state index in [2.05, 4.69) is 33.6 Å². The fraction of sp³-hybridized carbons (Fsp3) is 0.174. The molecule has 1 N–H and O–H groups in total. The highest BCUT2D eigenvalue weighted by molar-refractivity contribution is 5.94. The molecule has 0 saturated carbocycles. The van der Waals surface area contributed by atoms with Crippen molar-refractivity contribution in [2.75, 3.05) is 12.4 Å². The fourth-order valence-corrected chi connectivity index (χ4v) is 3.93. The predicted molar refractivity (Wildman–Crippen MR) is 111 cm³/mol. The zero-order valence-corrected chi connectivity index (χ0v) is 16.0. The summed E-state index contributed by atoms with van der Waals surface area (Å²) in [4.78, 5) is 16.5. The number of carbonyl (C=O) groups excluding carboxylic acids is 1. The third-order valence-corrected chi connectivity index (χ3v) is 5.45. The summed E-state index contributed by atoms with van der Waals surface area (Å²) in [6, 6.07) is 16.3. The number of hydrogen-bond donors (Lipinski definition) is 1. The second-order valence-electron chi connectivity index (χ2n) is 7.24. The number of rotatable bonds is 4. The summed E-state index contributed by atoms with van der Waals surface area (Å²) in [7, 11) is 1.67. The standard InChI is InChI=1S/C23H20N4O2/c1-29-19-5-4-16-10-18(3-2-17(16)11-19)20-12-22(28)26-23-21(20)13-25-27(23)14-15-6-8-24-9-7-15/h2-11,13,20H,12,14H2,1H3,(H,26,28). The van der Waals surface area contributed by atoms with E-state index in [-0.39, 0.29) is 11.8 Å². The lowest BCUT2D eigenvalue weighted by Crippen LogP contribution is -2.25. The van der Waals surface area contributed by atoms with Crippen LogP contribution < -0.4 is 10.1 Å². The van der Waals surface area contributed by atoms with E-state index in [0.29, 0.717) is 13.0 Å². The summed E-state index contributed by atoms with van der Waals surface area (Å²) in [6.07, 6.45) is 5.81. The fourth-order valence-electron chi connectivity index (χ4n) is 3.93. The number of nitrogens with one attached hydrogen (secondary N) is 1. The minimum absolute atomic E-state index is 0.00815. The molecule has 1 aliphatic rings. The van der Waals surface area contributed by atoms with Crippen LogP contribution in [0.15, 0.2) is 67.1 Å². The van der Waals surface area contributed by atoms with Crippen LogP contribution in [0.1, 0.15) is 29.0 Å². The first-order valence-electron chi connectivity index (χ1n) is 9.53. The van der Waals surface area contributed by atoms with Gasteiger partial charge in [0.2, 0.25) is 5.91 Å². The molecule has 2 aromatic carbocycles. The van der Waals surface area contributed by atoms with E-state index in [4.69, 9.17) is 4.74 Å². The predicted octanol–water partition coefficient (Wildman–Crippen LogP) is 3.96. The van der Waals surface area contributed by atoms with Gasteiger partial charge in [0.05, 0.1) is 19.9 Å². The lowest BCUT2D eigenvalue weighted by Gasteiger charge is -2.24. The van der Waals surface area contributed by atoms with Gasteiger partial charge in [-0.1, -0.05) is 24.3 Å². The second kappa shape index (κ2) is 7.05. The summed E-state index contributed by atoms with van der Waals surface area (Å²) in [6.45, 7) is 0.586. The van der Waals surface area contributed by atoms with Gasteiger partial charge in [0.15, 0.2) is 0 Å². The Labute approximate surface area is 168 Å². The van der Waals surface area contributed by atoms with Crippen LogP contribution in [-0.4, -0.2) is 27.8 Å². The molecular weight excluding hydrogens is 364 g/mol. The number of fused-ring (bicyclic) bond motifs is 2. The summed E-state index contributed by atoms with van der Waals surface area (Å²) in [5, 5.41) is 9.80. The molecule has 1 atom stereocenters. The summed E-state index contributed by atoms with van der Waals surface area (Å²) in [5.74, 6) is 1.60. The highest BCUT2D eigenvalue weighted by Gasteiger charge is 2.30. The molecule has 144 valence electrons. The van der Waals surface area contributed by atoms with Crippen LogP contribution in [0.3, 0.4) is 0 Å². The molecule has 0 saturated heterocycles. The van der Waals surface area contributed by atoms with Crippen LogP contribution in [0.25, 0.3) is 10.8 Å². The molecule has 0 radical (unpaired) electrons. The maximum atomic E-state index is 12.5. The maximum Gasteiger partial charge on any atom is 0.226 e. The van der Waals surface area contributed by atoms with Gasteiger partial charge in [-0.25, -0.2) is 4.68 Å². The third kappa shape index (κ3) is 3.23. The molecule has 0 fully saturated rings. The normalized spacial score (nSPS) is 15.8. The smallest absolute Gasteiger partial charge is 0.226 e. The van der Waals surface area contributed by atoms with Crippen molar-refractivity contribution < 1.29 is 9.53 Å². The summed E-state index contributed by atoms with van der Waals surface area (Å²) in [5.41, 5.74) is 3.25. The van der Waals surface area contributed by atoms with Gasteiger partial charge >= 0.3 is 0 Å². The monoisotopic (exact) mass is 384 g/mol. The maximum absolute atomic E-state index is 12.5. The first-order chi connectivity index (χ1) is 14.2. The Balaban J connectivity index is 1.52. The third-order valence-electron chi connectivity index (χ3n) is 5.45. The van der Waals surface area contributed by atoms with Gasteiger partial charge in [0, 0.05) is 30.3 Å². The average molecular weight is 384 g/mol. The number of methoxy groups -OCH3 is 1. The second-order valence-corrected chi connectivity index (χ2v) is 7.24. The van der Waals surface area contributed by atoms with E-state index < -0.39 is 0 Å². The molecule has 3 heterocycles. The van der Waals surface area contributed by atoms with E-state index in [1.165, 1.54) is 0 Å². The molecule has 5 rings (SSSR count). The largest absolute Gasteiger partial charge is 0.497 e. The van der Waals surface area contributed by atoms with Crippen LogP contribution in [0.2, 0.25) is 0 Å². The number of aromatic nitrogens is 3. The number of hydrogen-bond acceptors (Lipinski definition) is 4. The lowest BCUT2D eigenvalue weighted by molar-refractivity contribution is -0.116. The van der Waals surface area contributed by atoms with Crippen molar-refractivity contribution in [3.05, 3.63) is 83.8 Å². The molecule has 29 heavy (non-hydrogen) atoms. The van der Waals surface area contributed by atoms with Crippen molar-refractivity contribution in [3.8, 4) is 5.75 Å². The van der Waals surface area contributed by atoms with Gasteiger partial charge in [0.25, 0.3) is 0 Å². The number of ether oxygens (including phenoxy) is 1. The first-order valence-corrected chi connectivity index (χ1v) is 9.53. The van der Waals surface area contributed by atoms with Crippen LogP contribution in [-0.2, 0) is 11.3 Å². The van der Waals surface area contributed by atoms with Gasteiger partial charge in [-0.15, -0.1) is 0 Å². The van der Waals surface area contributed by atoms with Crippen LogP contribution in [0.5, 0.6) is 5.75 Å². The van der Waals surface area contributed by atoms with Crippen LogP contribution in [0.4, 0.5) is 5.82 Å². The van der Waals surface area contributed by atoms with Gasteiger partial charge in [-0.3, -0.25) is 9.78 Å². The van der Waals surface area contributed by atoms with Crippen LogP contribution >= 0.6 is 0 Å². The molecule has 0 bridgehead atoms. The molecule has 6 nitrogen and oxygen atoms in total. The number of pyridine rings is 1. The number of nitrogens with zero attached hydrogens (tertiary/aromatic N) is 3. The minimum atomic E-state index is -0.0172. The molecule has 1 aliphatic heterocycles. The van der Waals surface area contributed by atoms with E-state index in [0.717, 1.165) is 39.0 Å². The SMILES string of the molecule is COc1ccc2cc(C3CC(=O)Nc4c3cnn4Cc3ccncc3)ccc2c1. The molecule has 4 aromatic rings. The van der Waals surface area contributed by atoms with E-state index in [9.17, 15) is 4.79 Å². The van der Waals surface area contributed by atoms with Gasteiger partial charge in [-0.2, -0.15) is 5.10 Å². The average Bonchev–Trinajstić information content (AvgIpc) is 3.15. The van der Waals surface area contributed by atoms with Gasteiger partial charge in [-0.05, 0) is 46.2 Å². The summed E-state index contributed by atoms with van der Waals surface area (Å²) >= 11 is 0. The Morgan fingerprint density at radius 2 is 1.90 bits per heavy atom. The summed E-state index contributed by atoms with van der Waals surface area (Å²) < 4.78 is 7.16. The molecule has 1 amide bonds. The minimum Gasteiger partial charge on any atom is -0.497 e. The van der Waals surface area contributed by atoms with Crippen molar-refractivity contribution in [1.82, 2.24) is 14.8 Å². The Hall–Kier alpha value is -3.67. The number of amides is 1. The number of anilines is 1. The van der Waals surface area contributed by atoms with Crippen molar-refractivity contribution in [2.45, 2.75) is 18.9 Å². The van der Waals surface area contributed by atoms with Crippen molar-refractivity contribution in [1.29, 1.82) is 0 Å².